The molecule has 0 unspecified atom stereocenters. The predicted octanol–water partition coefficient (Wildman–Crippen LogP) is 3.78. The van der Waals surface area contributed by atoms with Crippen molar-refractivity contribution >= 4 is 34.8 Å². The summed E-state index contributed by atoms with van der Waals surface area (Å²) in [6.07, 6.45) is 7.39. The summed E-state index contributed by atoms with van der Waals surface area (Å²) >= 11 is 5.84. The van der Waals surface area contributed by atoms with E-state index in [2.05, 4.69) is 15.0 Å². The molecular formula is C14H10ClN3. The van der Waals surface area contributed by atoms with E-state index in [0.717, 1.165) is 27.3 Å². The third-order valence-electron chi connectivity index (χ3n) is 2.69. The molecule has 1 aromatic carbocycles. The first-order valence-electron chi connectivity index (χ1n) is 5.55. The van der Waals surface area contributed by atoms with Crippen LogP contribution in [-0.2, 0) is 0 Å². The Hall–Kier alpha value is -2.13. The van der Waals surface area contributed by atoms with Crippen LogP contribution >= 0.6 is 11.6 Å². The normalized spacial score (nSPS) is 11.4. The van der Waals surface area contributed by atoms with Gasteiger partial charge in [-0.05, 0) is 29.8 Å². The van der Waals surface area contributed by atoms with Crippen molar-refractivity contribution in [1.29, 1.82) is 0 Å². The molecular weight excluding hydrogens is 246 g/mol. The van der Waals surface area contributed by atoms with Crippen LogP contribution < -0.4 is 0 Å². The zero-order valence-electron chi connectivity index (χ0n) is 9.47. The van der Waals surface area contributed by atoms with Crippen LogP contribution in [-0.4, -0.2) is 15.0 Å². The van der Waals surface area contributed by atoms with Gasteiger partial charge in [-0.25, -0.2) is 9.97 Å². The van der Waals surface area contributed by atoms with Crippen LogP contribution in [0.3, 0.4) is 0 Å². The van der Waals surface area contributed by atoms with Gasteiger partial charge in [-0.3, -0.25) is 0 Å². The number of fused-ring (bicyclic) bond motifs is 1. The molecule has 3 aromatic rings. The number of H-pyrrole nitrogens is 1. The van der Waals surface area contributed by atoms with E-state index in [-0.39, 0.29) is 0 Å². The van der Waals surface area contributed by atoms with Crippen LogP contribution in [0.15, 0.2) is 42.9 Å². The molecule has 0 aliphatic carbocycles. The second kappa shape index (κ2) is 4.63. The lowest BCUT2D eigenvalue weighted by molar-refractivity contribution is 1.19. The third kappa shape index (κ3) is 2.13. The van der Waals surface area contributed by atoms with Gasteiger partial charge in [0.2, 0.25) is 0 Å². The molecule has 88 valence electrons. The summed E-state index contributed by atoms with van der Waals surface area (Å²) in [5, 5.41) is 1.75. The van der Waals surface area contributed by atoms with E-state index in [1.807, 2.05) is 48.7 Å². The lowest BCUT2D eigenvalue weighted by Gasteiger charge is -1.96. The Morgan fingerprint density at radius 3 is 2.67 bits per heavy atom. The van der Waals surface area contributed by atoms with E-state index < -0.39 is 0 Å². The summed E-state index contributed by atoms with van der Waals surface area (Å²) in [5.41, 5.74) is 2.83. The lowest BCUT2D eigenvalue weighted by Crippen LogP contribution is -1.84. The smallest absolute Gasteiger partial charge is 0.141 e. The molecule has 0 radical (unpaired) electrons. The molecule has 4 heteroatoms. The highest BCUT2D eigenvalue weighted by Crippen LogP contribution is 2.16. The van der Waals surface area contributed by atoms with Gasteiger partial charge in [0.15, 0.2) is 0 Å². The Morgan fingerprint density at radius 2 is 1.83 bits per heavy atom. The molecule has 3 rings (SSSR count). The number of hydrogen-bond donors (Lipinski definition) is 1. The molecule has 0 spiro atoms. The molecule has 3 nitrogen and oxygen atoms in total. The number of nitrogens with zero attached hydrogens (tertiary/aromatic N) is 2. The molecule has 0 aliphatic heterocycles. The Labute approximate surface area is 109 Å². The monoisotopic (exact) mass is 255 g/mol. The van der Waals surface area contributed by atoms with Crippen molar-refractivity contribution in [3.05, 3.63) is 59.1 Å². The van der Waals surface area contributed by atoms with Crippen LogP contribution in [0.1, 0.15) is 11.3 Å². The molecule has 0 saturated heterocycles. The number of hydrogen-bond acceptors (Lipinski definition) is 2. The highest BCUT2D eigenvalue weighted by molar-refractivity contribution is 6.30. The highest BCUT2D eigenvalue weighted by atomic mass is 35.5. The Bertz CT molecular complexity index is 698. The maximum atomic E-state index is 5.84. The minimum Gasteiger partial charge on any atom is -0.346 e. The van der Waals surface area contributed by atoms with Crippen LogP contribution in [0.5, 0.6) is 0 Å². The number of nitrogens with one attached hydrogen (secondary N) is 1. The van der Waals surface area contributed by atoms with E-state index in [9.17, 15) is 0 Å². The number of aromatic amines is 1. The number of aromatic nitrogens is 3. The number of rotatable bonds is 2. The van der Waals surface area contributed by atoms with Crippen LogP contribution in [0.2, 0.25) is 5.02 Å². The summed E-state index contributed by atoms with van der Waals surface area (Å²) in [6, 6.07) is 9.64. The van der Waals surface area contributed by atoms with Crippen molar-refractivity contribution in [1.82, 2.24) is 15.0 Å². The van der Waals surface area contributed by atoms with E-state index in [1.54, 1.807) is 6.33 Å². The first-order valence-corrected chi connectivity index (χ1v) is 5.92. The molecule has 2 aromatic heterocycles. The second-order valence-corrected chi connectivity index (χ2v) is 4.32. The molecule has 1 N–H and O–H groups in total. The van der Waals surface area contributed by atoms with Crippen molar-refractivity contribution in [2.75, 3.05) is 0 Å². The van der Waals surface area contributed by atoms with Gasteiger partial charge in [0.1, 0.15) is 12.0 Å². The zero-order chi connectivity index (χ0) is 12.4. The van der Waals surface area contributed by atoms with Gasteiger partial charge in [0, 0.05) is 16.6 Å². The molecule has 0 saturated carbocycles. The molecule has 2 heterocycles. The van der Waals surface area contributed by atoms with E-state index in [0.29, 0.717) is 0 Å². The SMILES string of the molecule is Clc1ccc(/C=C/c2ncnc3[nH]ccc23)cc1. The summed E-state index contributed by atoms with van der Waals surface area (Å²) in [7, 11) is 0. The van der Waals surface area contributed by atoms with Gasteiger partial charge < -0.3 is 4.98 Å². The van der Waals surface area contributed by atoms with Crippen LogP contribution in [0.4, 0.5) is 0 Å². The fourth-order valence-corrected chi connectivity index (χ4v) is 1.90. The van der Waals surface area contributed by atoms with E-state index in [4.69, 9.17) is 11.6 Å². The Kier molecular flexibility index (Phi) is 2.82. The van der Waals surface area contributed by atoms with Crippen LogP contribution in [0.25, 0.3) is 23.2 Å². The van der Waals surface area contributed by atoms with Crippen molar-refractivity contribution in [3.8, 4) is 0 Å². The Morgan fingerprint density at radius 1 is 1.00 bits per heavy atom. The highest BCUT2D eigenvalue weighted by Gasteiger charge is 2.00. The van der Waals surface area contributed by atoms with Gasteiger partial charge in [-0.1, -0.05) is 29.8 Å². The largest absolute Gasteiger partial charge is 0.346 e. The average molecular weight is 256 g/mol. The van der Waals surface area contributed by atoms with E-state index >= 15 is 0 Å². The van der Waals surface area contributed by atoms with Gasteiger partial charge in [0.05, 0.1) is 5.69 Å². The maximum absolute atomic E-state index is 5.84. The van der Waals surface area contributed by atoms with E-state index in [1.165, 1.54) is 0 Å². The fourth-order valence-electron chi connectivity index (χ4n) is 1.77. The molecule has 18 heavy (non-hydrogen) atoms. The summed E-state index contributed by atoms with van der Waals surface area (Å²) in [4.78, 5) is 11.5. The predicted molar refractivity (Wildman–Crippen MR) is 74.3 cm³/mol. The molecule has 0 fully saturated rings. The first kappa shape index (κ1) is 11.0. The summed E-state index contributed by atoms with van der Waals surface area (Å²) in [6.45, 7) is 0. The van der Waals surface area contributed by atoms with Crippen molar-refractivity contribution in [2.45, 2.75) is 0 Å². The zero-order valence-corrected chi connectivity index (χ0v) is 10.2. The molecule has 0 amide bonds. The quantitative estimate of drug-likeness (QED) is 0.757. The summed E-state index contributed by atoms with van der Waals surface area (Å²) in [5.74, 6) is 0. The lowest BCUT2D eigenvalue weighted by atomic mass is 10.2. The Balaban J connectivity index is 1.96. The van der Waals surface area contributed by atoms with Crippen LogP contribution in [0, 0.1) is 0 Å². The minimum absolute atomic E-state index is 0.738. The molecule has 0 aliphatic rings. The molecule has 0 atom stereocenters. The topological polar surface area (TPSA) is 41.6 Å². The van der Waals surface area contributed by atoms with Crippen molar-refractivity contribution in [2.24, 2.45) is 0 Å². The maximum Gasteiger partial charge on any atom is 0.141 e. The number of halogens is 1. The number of benzene rings is 1. The minimum atomic E-state index is 0.738. The van der Waals surface area contributed by atoms with Gasteiger partial charge in [0.25, 0.3) is 0 Å². The van der Waals surface area contributed by atoms with Crippen molar-refractivity contribution in [3.63, 3.8) is 0 Å². The molecule has 0 bridgehead atoms. The first-order chi connectivity index (χ1) is 8.83. The van der Waals surface area contributed by atoms with Crippen molar-refractivity contribution < 1.29 is 0 Å². The standard InChI is InChI=1S/C14H10ClN3/c15-11-4-1-10(2-5-11)3-6-13-12-7-8-16-14(12)18-9-17-13/h1-9H,(H,16,17,18)/b6-3+. The van der Waals surface area contributed by atoms with Gasteiger partial charge in [-0.15, -0.1) is 0 Å². The average Bonchev–Trinajstić information content (AvgIpc) is 2.87. The fraction of sp³-hybridized carbons (Fsp3) is 0. The second-order valence-electron chi connectivity index (χ2n) is 3.88. The summed E-state index contributed by atoms with van der Waals surface area (Å²) < 4.78 is 0. The third-order valence-corrected chi connectivity index (χ3v) is 2.94. The van der Waals surface area contributed by atoms with Gasteiger partial charge >= 0.3 is 0 Å². The van der Waals surface area contributed by atoms with Gasteiger partial charge in [-0.2, -0.15) is 0 Å².